The molecule has 0 unspecified atom stereocenters. The number of sulfonamides is 1. The predicted octanol–water partition coefficient (Wildman–Crippen LogP) is 2.50. The molecule has 2 aromatic rings. The van der Waals surface area contributed by atoms with Crippen LogP contribution in [0.15, 0.2) is 59.5 Å². The largest absolute Gasteiger partial charge is 0.495 e. The van der Waals surface area contributed by atoms with E-state index in [1.807, 2.05) is 0 Å². The molecule has 0 bridgehead atoms. The van der Waals surface area contributed by atoms with Crippen LogP contribution >= 0.6 is 0 Å². The van der Waals surface area contributed by atoms with Crippen LogP contribution in [0.5, 0.6) is 5.75 Å². The van der Waals surface area contributed by atoms with Crippen LogP contribution in [0.25, 0.3) is 0 Å². The lowest BCUT2D eigenvalue weighted by Gasteiger charge is -2.11. The average molecular weight is 263 g/mol. The second-order valence-corrected chi connectivity index (χ2v) is 5.30. The summed E-state index contributed by atoms with van der Waals surface area (Å²) in [4.78, 5) is 0.218. The van der Waals surface area contributed by atoms with Crippen molar-refractivity contribution in [1.29, 1.82) is 0 Å². The van der Waals surface area contributed by atoms with Crippen molar-refractivity contribution >= 4 is 15.7 Å². The molecule has 0 aromatic heterocycles. The fraction of sp³-hybridized carbons (Fsp3) is 0.0769. The molecule has 0 fully saturated rings. The molecule has 0 radical (unpaired) electrons. The molecule has 0 saturated carbocycles. The van der Waals surface area contributed by atoms with Gasteiger partial charge in [0.2, 0.25) is 0 Å². The molecule has 0 aliphatic carbocycles. The Hall–Kier alpha value is -2.01. The highest BCUT2D eigenvalue weighted by molar-refractivity contribution is 7.92. The molecular formula is C13H13NO3S. The lowest BCUT2D eigenvalue weighted by molar-refractivity contribution is 0.417. The van der Waals surface area contributed by atoms with Crippen LogP contribution in [0.3, 0.4) is 0 Å². The van der Waals surface area contributed by atoms with Gasteiger partial charge >= 0.3 is 0 Å². The maximum absolute atomic E-state index is 12.1. The summed E-state index contributed by atoms with van der Waals surface area (Å²) >= 11 is 0. The van der Waals surface area contributed by atoms with Gasteiger partial charge in [-0.25, -0.2) is 8.42 Å². The molecule has 2 aromatic carbocycles. The average Bonchev–Trinajstić information content (AvgIpc) is 2.40. The van der Waals surface area contributed by atoms with Crippen LogP contribution in [0.2, 0.25) is 0 Å². The fourth-order valence-corrected chi connectivity index (χ4v) is 2.62. The molecule has 0 saturated heterocycles. The lowest BCUT2D eigenvalue weighted by atomic mass is 10.3. The Bertz CT molecular complexity index is 624. The van der Waals surface area contributed by atoms with Gasteiger partial charge in [0.25, 0.3) is 10.0 Å². The van der Waals surface area contributed by atoms with Crippen LogP contribution in [-0.2, 0) is 10.0 Å². The molecule has 2 rings (SSSR count). The quantitative estimate of drug-likeness (QED) is 0.922. The zero-order valence-corrected chi connectivity index (χ0v) is 10.6. The highest BCUT2D eigenvalue weighted by Gasteiger charge is 2.15. The van der Waals surface area contributed by atoms with Crippen molar-refractivity contribution in [2.24, 2.45) is 0 Å². The Kier molecular flexibility index (Phi) is 3.53. The van der Waals surface area contributed by atoms with Crippen LogP contribution in [0.1, 0.15) is 0 Å². The number of nitrogens with one attached hydrogen (secondary N) is 1. The van der Waals surface area contributed by atoms with E-state index >= 15 is 0 Å². The van der Waals surface area contributed by atoms with E-state index in [2.05, 4.69) is 4.72 Å². The van der Waals surface area contributed by atoms with E-state index in [4.69, 9.17) is 4.74 Å². The second kappa shape index (κ2) is 5.10. The van der Waals surface area contributed by atoms with Gasteiger partial charge in [-0.05, 0) is 24.3 Å². The molecular weight excluding hydrogens is 250 g/mol. The SMILES string of the molecule is COc1ccccc1NS(=O)(=O)c1ccccc1. The summed E-state index contributed by atoms with van der Waals surface area (Å²) in [5.41, 5.74) is 0.420. The molecule has 0 aliphatic heterocycles. The van der Waals surface area contributed by atoms with Crippen molar-refractivity contribution in [2.45, 2.75) is 4.90 Å². The summed E-state index contributed by atoms with van der Waals surface area (Å²) in [7, 11) is -2.08. The van der Waals surface area contributed by atoms with E-state index in [0.29, 0.717) is 11.4 Å². The molecule has 0 heterocycles. The van der Waals surface area contributed by atoms with Crippen molar-refractivity contribution in [3.8, 4) is 5.75 Å². The van der Waals surface area contributed by atoms with Gasteiger partial charge in [-0.3, -0.25) is 4.72 Å². The zero-order chi connectivity index (χ0) is 13.0. The number of ether oxygens (including phenoxy) is 1. The molecule has 18 heavy (non-hydrogen) atoms. The third-order valence-corrected chi connectivity index (χ3v) is 3.79. The van der Waals surface area contributed by atoms with E-state index in [1.165, 1.54) is 19.2 Å². The maximum Gasteiger partial charge on any atom is 0.262 e. The minimum Gasteiger partial charge on any atom is -0.495 e. The van der Waals surface area contributed by atoms with Crippen LogP contribution < -0.4 is 9.46 Å². The predicted molar refractivity (Wildman–Crippen MR) is 70.2 cm³/mol. The third kappa shape index (κ3) is 2.62. The highest BCUT2D eigenvalue weighted by atomic mass is 32.2. The highest BCUT2D eigenvalue weighted by Crippen LogP contribution is 2.25. The number of benzene rings is 2. The van der Waals surface area contributed by atoms with E-state index in [9.17, 15) is 8.42 Å². The Balaban J connectivity index is 2.34. The molecule has 94 valence electrons. The lowest BCUT2D eigenvalue weighted by Crippen LogP contribution is -2.13. The number of anilines is 1. The van der Waals surface area contributed by atoms with Gasteiger partial charge in [0.15, 0.2) is 0 Å². The first kappa shape index (κ1) is 12.4. The van der Waals surface area contributed by atoms with E-state index in [0.717, 1.165) is 0 Å². The summed E-state index contributed by atoms with van der Waals surface area (Å²) in [6, 6.07) is 15.1. The monoisotopic (exact) mass is 263 g/mol. The summed E-state index contributed by atoms with van der Waals surface area (Å²) in [6.07, 6.45) is 0. The summed E-state index contributed by atoms with van der Waals surface area (Å²) in [5, 5.41) is 0. The van der Waals surface area contributed by atoms with Crippen molar-refractivity contribution in [3.05, 3.63) is 54.6 Å². The third-order valence-electron chi connectivity index (χ3n) is 2.40. The number of hydrogen-bond donors (Lipinski definition) is 1. The molecule has 5 heteroatoms. The Labute approximate surface area is 106 Å². The van der Waals surface area contributed by atoms with Crippen molar-refractivity contribution in [3.63, 3.8) is 0 Å². The van der Waals surface area contributed by atoms with Gasteiger partial charge in [0.1, 0.15) is 5.75 Å². The minimum absolute atomic E-state index is 0.218. The van der Waals surface area contributed by atoms with Gasteiger partial charge in [0.05, 0.1) is 17.7 Å². The van der Waals surface area contributed by atoms with Crippen molar-refractivity contribution in [1.82, 2.24) is 0 Å². The van der Waals surface area contributed by atoms with E-state index in [1.54, 1.807) is 42.5 Å². The normalized spacial score (nSPS) is 10.9. The topological polar surface area (TPSA) is 55.4 Å². The Morgan fingerprint density at radius 2 is 1.56 bits per heavy atom. The zero-order valence-electron chi connectivity index (χ0n) is 9.83. The molecule has 0 aliphatic rings. The number of rotatable bonds is 4. The van der Waals surface area contributed by atoms with Gasteiger partial charge in [-0.15, -0.1) is 0 Å². The van der Waals surface area contributed by atoms with Crippen LogP contribution in [-0.4, -0.2) is 15.5 Å². The standard InChI is InChI=1S/C13H13NO3S/c1-17-13-10-6-5-9-12(13)14-18(15,16)11-7-3-2-4-8-11/h2-10,14H,1H3. The molecule has 1 N–H and O–H groups in total. The fourth-order valence-electron chi connectivity index (χ4n) is 1.53. The number of methoxy groups -OCH3 is 1. The molecule has 0 amide bonds. The van der Waals surface area contributed by atoms with Gasteiger partial charge in [-0.2, -0.15) is 0 Å². The first-order valence-electron chi connectivity index (χ1n) is 5.34. The summed E-state index contributed by atoms with van der Waals surface area (Å²) in [6.45, 7) is 0. The Morgan fingerprint density at radius 3 is 2.22 bits per heavy atom. The first-order valence-corrected chi connectivity index (χ1v) is 6.83. The van der Waals surface area contributed by atoms with Gasteiger partial charge < -0.3 is 4.74 Å². The molecule has 0 atom stereocenters. The summed E-state index contributed by atoms with van der Waals surface area (Å²) < 4.78 is 31.8. The van der Waals surface area contributed by atoms with E-state index < -0.39 is 10.0 Å². The molecule has 4 nitrogen and oxygen atoms in total. The van der Waals surface area contributed by atoms with Crippen LogP contribution in [0, 0.1) is 0 Å². The Morgan fingerprint density at radius 1 is 0.944 bits per heavy atom. The molecule has 0 spiro atoms. The van der Waals surface area contributed by atoms with Gasteiger partial charge in [0, 0.05) is 0 Å². The maximum atomic E-state index is 12.1. The number of para-hydroxylation sites is 2. The van der Waals surface area contributed by atoms with Gasteiger partial charge in [-0.1, -0.05) is 30.3 Å². The second-order valence-electron chi connectivity index (χ2n) is 3.62. The first-order chi connectivity index (χ1) is 8.63. The smallest absolute Gasteiger partial charge is 0.262 e. The summed E-state index contributed by atoms with van der Waals surface area (Å²) in [5.74, 6) is 0.483. The number of hydrogen-bond acceptors (Lipinski definition) is 3. The van der Waals surface area contributed by atoms with E-state index in [-0.39, 0.29) is 4.90 Å². The van der Waals surface area contributed by atoms with Crippen molar-refractivity contribution < 1.29 is 13.2 Å². The van der Waals surface area contributed by atoms with Crippen molar-refractivity contribution in [2.75, 3.05) is 11.8 Å². The minimum atomic E-state index is -3.58. The van der Waals surface area contributed by atoms with Crippen LogP contribution in [0.4, 0.5) is 5.69 Å².